The zero-order valence-corrected chi connectivity index (χ0v) is 16.5. The van der Waals surface area contributed by atoms with Gasteiger partial charge in [-0.25, -0.2) is 0 Å². The predicted molar refractivity (Wildman–Crippen MR) is 108 cm³/mol. The van der Waals surface area contributed by atoms with E-state index in [9.17, 15) is 9.90 Å². The molecule has 28 heavy (non-hydrogen) atoms. The minimum absolute atomic E-state index is 0.0778. The maximum absolute atomic E-state index is 11.5. The van der Waals surface area contributed by atoms with Gasteiger partial charge in [-0.3, -0.25) is 4.79 Å². The standard InChI is InChI=1S/C24H28O4/c1-15(24(25)26)23(17-6-7-17)18-4-3-5-21(12-18)28-14-19-13-22(19)16-8-10-20(27-2)11-9-16/h3-5,8-12,15,17,19,22-23H,6-7,13-14H2,1-2H3,(H,25,26)/t15-,19+,22+,23?/m0/s1. The van der Waals surface area contributed by atoms with E-state index in [4.69, 9.17) is 9.47 Å². The molecule has 0 spiro atoms. The van der Waals surface area contributed by atoms with Crippen LogP contribution in [0.15, 0.2) is 48.5 Å². The van der Waals surface area contributed by atoms with E-state index in [1.807, 2.05) is 43.3 Å². The Morgan fingerprint density at radius 3 is 2.54 bits per heavy atom. The highest BCUT2D eigenvalue weighted by Crippen LogP contribution is 2.49. The maximum Gasteiger partial charge on any atom is 0.306 e. The summed E-state index contributed by atoms with van der Waals surface area (Å²) in [6, 6.07) is 16.4. The van der Waals surface area contributed by atoms with Gasteiger partial charge in [-0.1, -0.05) is 31.2 Å². The van der Waals surface area contributed by atoms with Gasteiger partial charge in [-0.05, 0) is 72.4 Å². The molecule has 4 atom stereocenters. The van der Waals surface area contributed by atoms with Gasteiger partial charge in [0.05, 0.1) is 19.6 Å². The van der Waals surface area contributed by atoms with E-state index >= 15 is 0 Å². The Hall–Kier alpha value is -2.49. The molecule has 0 aliphatic heterocycles. The normalized spacial score (nSPS) is 22.9. The second-order valence-electron chi connectivity index (χ2n) is 8.25. The summed E-state index contributed by atoms with van der Waals surface area (Å²) >= 11 is 0. The van der Waals surface area contributed by atoms with Crippen molar-refractivity contribution in [2.75, 3.05) is 13.7 Å². The largest absolute Gasteiger partial charge is 0.497 e. The van der Waals surface area contributed by atoms with Crippen molar-refractivity contribution >= 4 is 5.97 Å². The van der Waals surface area contributed by atoms with E-state index < -0.39 is 5.97 Å². The van der Waals surface area contributed by atoms with Crippen LogP contribution in [0.25, 0.3) is 0 Å². The topological polar surface area (TPSA) is 55.8 Å². The van der Waals surface area contributed by atoms with Gasteiger partial charge < -0.3 is 14.6 Å². The van der Waals surface area contributed by atoms with Crippen molar-refractivity contribution in [1.29, 1.82) is 0 Å². The highest BCUT2D eigenvalue weighted by atomic mass is 16.5. The van der Waals surface area contributed by atoms with E-state index in [0.29, 0.717) is 24.4 Å². The molecule has 4 nitrogen and oxygen atoms in total. The van der Waals surface area contributed by atoms with Crippen LogP contribution in [-0.2, 0) is 4.79 Å². The summed E-state index contributed by atoms with van der Waals surface area (Å²) in [4.78, 5) is 11.5. The molecular formula is C24H28O4. The Bertz CT molecular complexity index is 825. The molecule has 0 amide bonds. The Labute approximate surface area is 166 Å². The van der Waals surface area contributed by atoms with Crippen molar-refractivity contribution in [2.24, 2.45) is 17.8 Å². The summed E-state index contributed by atoms with van der Waals surface area (Å²) in [5.41, 5.74) is 2.43. The summed E-state index contributed by atoms with van der Waals surface area (Å²) in [5, 5.41) is 9.48. The van der Waals surface area contributed by atoms with Gasteiger partial charge >= 0.3 is 5.97 Å². The lowest BCUT2D eigenvalue weighted by atomic mass is 9.83. The smallest absolute Gasteiger partial charge is 0.306 e. The number of benzene rings is 2. The maximum atomic E-state index is 11.5. The number of ether oxygens (including phenoxy) is 2. The van der Waals surface area contributed by atoms with Gasteiger partial charge in [0, 0.05) is 5.92 Å². The molecule has 0 saturated heterocycles. The minimum atomic E-state index is -0.719. The third kappa shape index (κ3) is 4.16. The summed E-state index contributed by atoms with van der Waals surface area (Å²) in [6.45, 7) is 2.52. The molecule has 2 aromatic carbocycles. The van der Waals surface area contributed by atoms with Crippen molar-refractivity contribution in [3.05, 3.63) is 59.7 Å². The molecule has 0 aromatic heterocycles. The van der Waals surface area contributed by atoms with Gasteiger partial charge in [0.15, 0.2) is 0 Å². The summed E-state index contributed by atoms with van der Waals surface area (Å²) in [5.74, 6) is 2.30. The molecule has 4 heteroatoms. The van der Waals surface area contributed by atoms with E-state index in [2.05, 4.69) is 12.1 Å². The number of methoxy groups -OCH3 is 1. The second kappa shape index (κ2) is 7.86. The van der Waals surface area contributed by atoms with E-state index in [1.54, 1.807) is 7.11 Å². The average molecular weight is 380 g/mol. The number of aliphatic carboxylic acids is 1. The van der Waals surface area contributed by atoms with Crippen molar-refractivity contribution in [3.63, 3.8) is 0 Å². The molecular weight excluding hydrogens is 352 g/mol. The van der Waals surface area contributed by atoms with Crippen LogP contribution in [-0.4, -0.2) is 24.8 Å². The van der Waals surface area contributed by atoms with E-state index in [-0.39, 0.29) is 11.8 Å². The molecule has 0 heterocycles. The third-order valence-electron chi connectivity index (χ3n) is 6.23. The summed E-state index contributed by atoms with van der Waals surface area (Å²) in [6.07, 6.45) is 3.39. The van der Waals surface area contributed by atoms with Gasteiger partial charge in [-0.2, -0.15) is 0 Å². The number of carbonyl (C=O) groups is 1. The molecule has 2 aliphatic rings. The lowest BCUT2D eigenvalue weighted by molar-refractivity contribution is -0.142. The molecule has 0 radical (unpaired) electrons. The first-order chi connectivity index (χ1) is 13.6. The first kappa shape index (κ1) is 18.9. The number of rotatable bonds is 9. The van der Waals surface area contributed by atoms with Crippen LogP contribution in [0.3, 0.4) is 0 Å². The van der Waals surface area contributed by atoms with Crippen LogP contribution in [0.2, 0.25) is 0 Å². The molecule has 1 N–H and O–H groups in total. The fraction of sp³-hybridized carbons (Fsp3) is 0.458. The van der Waals surface area contributed by atoms with Crippen LogP contribution >= 0.6 is 0 Å². The van der Waals surface area contributed by atoms with Gasteiger partial charge in [-0.15, -0.1) is 0 Å². The lowest BCUT2D eigenvalue weighted by Gasteiger charge is -2.21. The lowest BCUT2D eigenvalue weighted by Crippen LogP contribution is -2.20. The number of carboxylic acid groups (broad SMARTS) is 1. The molecule has 4 rings (SSSR count). The minimum Gasteiger partial charge on any atom is -0.497 e. The van der Waals surface area contributed by atoms with E-state index in [1.165, 1.54) is 5.56 Å². The molecule has 2 aromatic rings. The highest BCUT2D eigenvalue weighted by molar-refractivity contribution is 5.71. The van der Waals surface area contributed by atoms with Crippen molar-refractivity contribution < 1.29 is 19.4 Å². The third-order valence-corrected chi connectivity index (χ3v) is 6.23. The molecule has 148 valence electrons. The summed E-state index contributed by atoms with van der Waals surface area (Å²) < 4.78 is 11.3. The fourth-order valence-corrected chi connectivity index (χ4v) is 4.28. The van der Waals surface area contributed by atoms with Gasteiger partial charge in [0.2, 0.25) is 0 Å². The molecule has 2 fully saturated rings. The second-order valence-corrected chi connectivity index (χ2v) is 8.25. The molecule has 2 aliphatic carbocycles. The van der Waals surface area contributed by atoms with Crippen LogP contribution in [0, 0.1) is 17.8 Å². The Morgan fingerprint density at radius 1 is 1.14 bits per heavy atom. The first-order valence-corrected chi connectivity index (χ1v) is 10.2. The number of hydrogen-bond acceptors (Lipinski definition) is 3. The fourth-order valence-electron chi connectivity index (χ4n) is 4.28. The Kier molecular flexibility index (Phi) is 5.29. The first-order valence-electron chi connectivity index (χ1n) is 10.2. The zero-order chi connectivity index (χ0) is 19.7. The number of carboxylic acids is 1. The molecule has 0 bridgehead atoms. The van der Waals surface area contributed by atoms with Gasteiger partial charge in [0.1, 0.15) is 11.5 Å². The average Bonchev–Trinajstić information content (AvgIpc) is 3.62. The molecule has 1 unspecified atom stereocenters. The zero-order valence-electron chi connectivity index (χ0n) is 16.5. The van der Waals surface area contributed by atoms with Crippen molar-refractivity contribution in [3.8, 4) is 11.5 Å². The van der Waals surface area contributed by atoms with Crippen LogP contribution < -0.4 is 9.47 Å². The van der Waals surface area contributed by atoms with Crippen molar-refractivity contribution in [2.45, 2.75) is 38.0 Å². The summed E-state index contributed by atoms with van der Waals surface area (Å²) in [7, 11) is 1.68. The Balaban J connectivity index is 1.37. The van der Waals surface area contributed by atoms with Gasteiger partial charge in [0.25, 0.3) is 0 Å². The van der Waals surface area contributed by atoms with Crippen molar-refractivity contribution in [1.82, 2.24) is 0 Å². The van der Waals surface area contributed by atoms with Crippen LogP contribution in [0.5, 0.6) is 11.5 Å². The Morgan fingerprint density at radius 2 is 1.89 bits per heavy atom. The molecule has 2 saturated carbocycles. The number of hydrogen-bond donors (Lipinski definition) is 1. The predicted octanol–water partition coefficient (Wildman–Crippen LogP) is 5.09. The quantitative estimate of drug-likeness (QED) is 0.658. The highest BCUT2D eigenvalue weighted by Gasteiger charge is 2.40. The van der Waals surface area contributed by atoms with Crippen LogP contribution in [0.1, 0.15) is 49.1 Å². The van der Waals surface area contributed by atoms with Crippen LogP contribution in [0.4, 0.5) is 0 Å². The SMILES string of the molecule is COc1ccc([C@H]2C[C@@H]2COc2cccc(C(C3CC3)[C@H](C)C(=O)O)c2)cc1. The monoisotopic (exact) mass is 380 g/mol. The van der Waals surface area contributed by atoms with E-state index in [0.717, 1.165) is 36.3 Å².